The molecular weight excluding hydrogens is 192 g/mol. The Morgan fingerprint density at radius 3 is 3.00 bits per heavy atom. The van der Waals surface area contributed by atoms with Crippen LogP contribution in [-0.2, 0) is 0 Å². The summed E-state index contributed by atoms with van der Waals surface area (Å²) in [5, 5.41) is 6.96. The van der Waals surface area contributed by atoms with Gasteiger partial charge in [0.25, 0.3) is 0 Å². The predicted molar refractivity (Wildman–Crippen MR) is 60.8 cm³/mol. The molecule has 1 fully saturated rings. The lowest BCUT2D eigenvalue weighted by Gasteiger charge is -2.22. The highest BCUT2D eigenvalue weighted by atomic mass is 32.1. The zero-order valence-electron chi connectivity index (χ0n) is 8.92. The first-order valence-corrected chi connectivity index (χ1v) is 6.38. The molecule has 1 heterocycles. The van der Waals surface area contributed by atoms with E-state index in [0.717, 1.165) is 12.5 Å². The van der Waals surface area contributed by atoms with Gasteiger partial charge in [0.2, 0.25) is 0 Å². The molecule has 14 heavy (non-hydrogen) atoms. The summed E-state index contributed by atoms with van der Waals surface area (Å²) in [6, 6.07) is 0.407. The lowest BCUT2D eigenvalue weighted by Crippen LogP contribution is -2.18. The molecule has 2 rings (SSSR count). The smallest absolute Gasteiger partial charge is 0.0959 e. The van der Waals surface area contributed by atoms with Crippen LogP contribution in [-0.4, -0.2) is 11.5 Å². The van der Waals surface area contributed by atoms with Crippen LogP contribution in [0, 0.1) is 0 Å². The van der Waals surface area contributed by atoms with Gasteiger partial charge in [-0.25, -0.2) is 4.98 Å². The van der Waals surface area contributed by atoms with Gasteiger partial charge in [-0.3, -0.25) is 0 Å². The maximum atomic E-state index is 4.71. The summed E-state index contributed by atoms with van der Waals surface area (Å²) in [5.74, 6) is 0.780. The highest BCUT2D eigenvalue weighted by molar-refractivity contribution is 7.09. The Morgan fingerprint density at radius 1 is 1.64 bits per heavy atom. The molecule has 1 saturated carbocycles. The third-order valence-corrected chi connectivity index (χ3v) is 3.97. The van der Waals surface area contributed by atoms with Gasteiger partial charge in [0, 0.05) is 17.3 Å². The van der Waals surface area contributed by atoms with E-state index >= 15 is 0 Å². The molecule has 78 valence electrons. The first-order valence-electron chi connectivity index (χ1n) is 5.50. The molecule has 1 aliphatic rings. The van der Waals surface area contributed by atoms with Crippen molar-refractivity contribution >= 4 is 11.3 Å². The first kappa shape index (κ1) is 10.1. The molecule has 1 aliphatic carbocycles. The zero-order valence-corrected chi connectivity index (χ0v) is 9.73. The Balaban J connectivity index is 2.01. The van der Waals surface area contributed by atoms with E-state index in [2.05, 4.69) is 24.5 Å². The molecule has 0 amide bonds. The van der Waals surface area contributed by atoms with E-state index in [1.54, 1.807) is 0 Å². The predicted octanol–water partition coefficient (Wildman–Crippen LogP) is 3.08. The van der Waals surface area contributed by atoms with Crippen molar-refractivity contribution in [2.24, 2.45) is 0 Å². The molecule has 0 aromatic carbocycles. The second kappa shape index (κ2) is 4.41. The summed E-state index contributed by atoms with van der Waals surface area (Å²) in [6.45, 7) is 5.33. The number of thiazole rings is 1. The normalized spacial score (nSPS) is 19.3. The van der Waals surface area contributed by atoms with Gasteiger partial charge >= 0.3 is 0 Å². The highest BCUT2D eigenvalue weighted by Crippen LogP contribution is 2.38. The summed E-state index contributed by atoms with van der Waals surface area (Å²) in [5.41, 5.74) is 1.22. The quantitative estimate of drug-likeness (QED) is 0.826. The molecule has 0 saturated heterocycles. The lowest BCUT2D eigenvalue weighted by molar-refractivity contribution is 0.416. The molecule has 0 spiro atoms. The van der Waals surface area contributed by atoms with Crippen molar-refractivity contribution in [3.05, 3.63) is 16.1 Å². The number of hydrogen-bond donors (Lipinski definition) is 1. The number of hydrogen-bond acceptors (Lipinski definition) is 3. The summed E-state index contributed by atoms with van der Waals surface area (Å²) in [7, 11) is 0. The van der Waals surface area contributed by atoms with Crippen molar-refractivity contribution in [2.75, 3.05) is 6.54 Å². The van der Waals surface area contributed by atoms with Gasteiger partial charge < -0.3 is 5.32 Å². The Morgan fingerprint density at radius 2 is 2.43 bits per heavy atom. The topological polar surface area (TPSA) is 24.9 Å². The van der Waals surface area contributed by atoms with Crippen LogP contribution in [0.1, 0.15) is 55.8 Å². The fourth-order valence-electron chi connectivity index (χ4n) is 1.75. The summed E-state index contributed by atoms with van der Waals surface area (Å²) < 4.78 is 0. The molecule has 1 aromatic heterocycles. The van der Waals surface area contributed by atoms with Crippen molar-refractivity contribution in [2.45, 2.75) is 45.1 Å². The Kier molecular flexibility index (Phi) is 3.19. The van der Waals surface area contributed by atoms with E-state index in [4.69, 9.17) is 4.98 Å². The fourth-order valence-corrected chi connectivity index (χ4v) is 2.84. The highest BCUT2D eigenvalue weighted by Gasteiger charge is 2.23. The van der Waals surface area contributed by atoms with Crippen molar-refractivity contribution in [3.8, 4) is 0 Å². The number of aromatic nitrogens is 1. The van der Waals surface area contributed by atoms with E-state index in [1.165, 1.54) is 30.0 Å². The molecule has 2 nitrogen and oxygen atoms in total. The molecule has 1 atom stereocenters. The van der Waals surface area contributed by atoms with Gasteiger partial charge in [-0.15, -0.1) is 11.3 Å². The second-order valence-corrected chi connectivity index (χ2v) is 4.91. The Labute approximate surface area is 89.8 Å². The molecule has 1 N–H and O–H groups in total. The Hall–Kier alpha value is -0.410. The molecule has 3 heteroatoms. The standard InChI is InChI=1S/C11H18N2S/c1-3-12-8(2)10-7-14-11(13-10)9-5-4-6-9/h7-9,12H,3-6H2,1-2H3. The van der Waals surface area contributed by atoms with Crippen LogP contribution < -0.4 is 5.32 Å². The minimum Gasteiger partial charge on any atom is -0.309 e. The maximum Gasteiger partial charge on any atom is 0.0959 e. The van der Waals surface area contributed by atoms with Crippen LogP contribution in [0.25, 0.3) is 0 Å². The van der Waals surface area contributed by atoms with E-state index in [-0.39, 0.29) is 0 Å². The fraction of sp³-hybridized carbons (Fsp3) is 0.727. The van der Waals surface area contributed by atoms with Crippen molar-refractivity contribution in [1.29, 1.82) is 0 Å². The second-order valence-electron chi connectivity index (χ2n) is 4.02. The molecule has 0 aliphatic heterocycles. The van der Waals surface area contributed by atoms with Crippen LogP contribution in [0.5, 0.6) is 0 Å². The lowest BCUT2D eigenvalue weighted by atomic mass is 9.86. The van der Waals surface area contributed by atoms with Gasteiger partial charge in [0.05, 0.1) is 10.7 Å². The largest absolute Gasteiger partial charge is 0.309 e. The summed E-state index contributed by atoms with van der Waals surface area (Å²) >= 11 is 1.84. The van der Waals surface area contributed by atoms with Crippen molar-refractivity contribution in [1.82, 2.24) is 10.3 Å². The minimum atomic E-state index is 0.407. The van der Waals surface area contributed by atoms with Gasteiger partial charge in [0.1, 0.15) is 0 Å². The monoisotopic (exact) mass is 210 g/mol. The van der Waals surface area contributed by atoms with Crippen molar-refractivity contribution in [3.63, 3.8) is 0 Å². The van der Waals surface area contributed by atoms with E-state index in [9.17, 15) is 0 Å². The SMILES string of the molecule is CCNC(C)c1csc(C2CCC2)n1. The van der Waals surface area contributed by atoms with Crippen molar-refractivity contribution < 1.29 is 0 Å². The van der Waals surface area contributed by atoms with Crippen LogP contribution in [0.3, 0.4) is 0 Å². The molecule has 1 unspecified atom stereocenters. The molecule has 1 aromatic rings. The third-order valence-electron chi connectivity index (χ3n) is 2.95. The first-order chi connectivity index (χ1) is 6.81. The summed E-state index contributed by atoms with van der Waals surface area (Å²) in [4.78, 5) is 4.71. The van der Waals surface area contributed by atoms with Gasteiger partial charge in [-0.2, -0.15) is 0 Å². The van der Waals surface area contributed by atoms with E-state index in [0.29, 0.717) is 6.04 Å². The number of nitrogens with one attached hydrogen (secondary N) is 1. The van der Waals surface area contributed by atoms with Crippen LogP contribution in [0.15, 0.2) is 5.38 Å². The van der Waals surface area contributed by atoms with Crippen LogP contribution in [0.2, 0.25) is 0 Å². The summed E-state index contributed by atoms with van der Waals surface area (Å²) in [6.07, 6.45) is 4.09. The number of nitrogens with zero attached hydrogens (tertiary/aromatic N) is 1. The zero-order chi connectivity index (χ0) is 9.97. The molecule has 0 radical (unpaired) electrons. The van der Waals surface area contributed by atoms with Gasteiger partial charge in [0.15, 0.2) is 0 Å². The van der Waals surface area contributed by atoms with Gasteiger partial charge in [-0.05, 0) is 26.3 Å². The van der Waals surface area contributed by atoms with Crippen LogP contribution in [0.4, 0.5) is 0 Å². The Bertz CT molecular complexity index is 291. The van der Waals surface area contributed by atoms with Gasteiger partial charge in [-0.1, -0.05) is 13.3 Å². The van der Waals surface area contributed by atoms with E-state index in [1.807, 2.05) is 11.3 Å². The maximum absolute atomic E-state index is 4.71. The minimum absolute atomic E-state index is 0.407. The van der Waals surface area contributed by atoms with Crippen LogP contribution >= 0.6 is 11.3 Å². The molecular formula is C11H18N2S. The molecule has 0 bridgehead atoms. The third kappa shape index (κ3) is 1.98. The average molecular weight is 210 g/mol. The van der Waals surface area contributed by atoms with E-state index < -0.39 is 0 Å². The number of rotatable bonds is 4. The average Bonchev–Trinajstić information content (AvgIpc) is 2.50.